The van der Waals surface area contributed by atoms with E-state index in [4.69, 9.17) is 25.9 Å². The maximum atomic E-state index is 12.8. The fraction of sp³-hybridized carbons (Fsp3) is 0.120. The minimum atomic E-state index is -1.10. The fourth-order valence-corrected chi connectivity index (χ4v) is 3.85. The Morgan fingerprint density at radius 2 is 1.90 bits per heavy atom. The number of amides is 3. The maximum absolute atomic E-state index is 12.8. The number of rotatable bonds is 9. The summed E-state index contributed by atoms with van der Waals surface area (Å²) >= 11 is 6.27. The van der Waals surface area contributed by atoms with Crippen LogP contribution >= 0.6 is 11.6 Å². The molecule has 0 radical (unpaired) electrons. The number of nitro benzene ring substituents is 1. The number of halogens is 1. The number of hydrogen-bond acceptors (Lipinski definition) is 9. The lowest BCUT2D eigenvalue weighted by atomic mass is 10.1. The lowest BCUT2D eigenvalue weighted by molar-refractivity contribution is -0.385. The van der Waals surface area contributed by atoms with Crippen molar-refractivity contribution in [3.63, 3.8) is 0 Å². The molecule has 1 saturated heterocycles. The van der Waals surface area contributed by atoms with Gasteiger partial charge >= 0.3 is 23.7 Å². The number of carbonyl (C=O) groups excluding carboxylic acids is 3. The zero-order chi connectivity index (χ0) is 28.3. The summed E-state index contributed by atoms with van der Waals surface area (Å²) in [5.74, 6) is -2.73. The predicted octanol–water partition coefficient (Wildman–Crippen LogP) is 4.00. The first-order valence-electron chi connectivity index (χ1n) is 11.0. The molecule has 1 fully saturated rings. The van der Waals surface area contributed by atoms with Crippen LogP contribution in [0.5, 0.6) is 5.75 Å². The van der Waals surface area contributed by atoms with E-state index in [2.05, 4.69) is 10.1 Å². The number of ether oxygens (including phenoxy) is 2. The lowest BCUT2D eigenvalue weighted by Crippen LogP contribution is -2.30. The van der Waals surface area contributed by atoms with E-state index >= 15 is 0 Å². The van der Waals surface area contributed by atoms with Gasteiger partial charge < -0.3 is 24.3 Å². The third kappa shape index (κ3) is 5.88. The summed E-state index contributed by atoms with van der Waals surface area (Å²) in [6.07, 6.45) is 1.22. The molecule has 14 heteroatoms. The highest BCUT2D eigenvalue weighted by Gasteiger charge is 2.34. The molecule has 4 rings (SSSR count). The van der Waals surface area contributed by atoms with Crippen molar-refractivity contribution in [2.45, 2.75) is 13.2 Å². The average Bonchev–Trinajstić information content (AvgIpc) is 3.48. The van der Waals surface area contributed by atoms with Gasteiger partial charge in [-0.3, -0.25) is 19.8 Å². The maximum Gasteiger partial charge on any atom is 0.373 e. The summed E-state index contributed by atoms with van der Waals surface area (Å²) < 4.78 is 15.4. The second-order valence-corrected chi connectivity index (χ2v) is 8.44. The van der Waals surface area contributed by atoms with Crippen LogP contribution in [-0.4, -0.2) is 45.9 Å². The van der Waals surface area contributed by atoms with E-state index in [1.807, 2.05) is 0 Å². The van der Waals surface area contributed by atoms with Gasteiger partial charge in [-0.05, 0) is 47.5 Å². The Labute approximate surface area is 224 Å². The van der Waals surface area contributed by atoms with Gasteiger partial charge in [0.25, 0.3) is 5.91 Å². The smallest absolute Gasteiger partial charge is 0.373 e. The molecule has 3 amide bonds. The van der Waals surface area contributed by atoms with Crippen LogP contribution in [0.25, 0.3) is 6.08 Å². The van der Waals surface area contributed by atoms with Crippen molar-refractivity contribution in [1.82, 2.24) is 10.2 Å². The third-order valence-electron chi connectivity index (χ3n) is 5.46. The van der Waals surface area contributed by atoms with Crippen LogP contribution in [0, 0.1) is 10.1 Å². The molecular formula is C25H18ClN3O10. The molecule has 2 heterocycles. The van der Waals surface area contributed by atoms with Gasteiger partial charge in [-0.2, -0.15) is 0 Å². The first-order chi connectivity index (χ1) is 18.6. The largest absolute Gasteiger partial charge is 0.481 e. The van der Waals surface area contributed by atoms with Crippen LogP contribution in [0.1, 0.15) is 37.8 Å². The summed E-state index contributed by atoms with van der Waals surface area (Å²) in [5, 5.41) is 23.0. The van der Waals surface area contributed by atoms with Crippen LogP contribution in [0.4, 0.5) is 10.5 Å². The van der Waals surface area contributed by atoms with Gasteiger partial charge in [-0.25, -0.2) is 14.4 Å². The van der Waals surface area contributed by atoms with Gasteiger partial charge in [-0.1, -0.05) is 23.7 Å². The number of hydrogen-bond donors (Lipinski definition) is 2. The molecule has 1 aromatic heterocycles. The molecule has 2 aromatic carbocycles. The third-order valence-corrected chi connectivity index (χ3v) is 5.74. The lowest BCUT2D eigenvalue weighted by Gasteiger charge is -2.10. The summed E-state index contributed by atoms with van der Waals surface area (Å²) in [5.41, 5.74) is 0.100. The molecule has 0 atom stereocenters. The minimum absolute atomic E-state index is 0.0716. The molecular weight excluding hydrogens is 538 g/mol. The van der Waals surface area contributed by atoms with Crippen molar-refractivity contribution < 1.29 is 43.1 Å². The highest BCUT2D eigenvalue weighted by Crippen LogP contribution is 2.37. The van der Waals surface area contributed by atoms with E-state index in [1.54, 1.807) is 0 Å². The van der Waals surface area contributed by atoms with E-state index in [9.17, 15) is 29.3 Å². The van der Waals surface area contributed by atoms with Gasteiger partial charge in [0.05, 0.1) is 29.2 Å². The van der Waals surface area contributed by atoms with E-state index in [1.165, 1.54) is 55.7 Å². The molecule has 0 spiro atoms. The van der Waals surface area contributed by atoms with Crippen molar-refractivity contribution in [3.05, 3.63) is 97.6 Å². The Bertz CT molecular complexity index is 1530. The van der Waals surface area contributed by atoms with E-state index in [-0.39, 0.29) is 52.3 Å². The molecule has 0 saturated carbocycles. The Kier molecular flexibility index (Phi) is 7.63. The monoisotopic (exact) mass is 555 g/mol. The molecule has 13 nitrogen and oxygen atoms in total. The zero-order valence-corrected chi connectivity index (χ0v) is 20.8. The van der Waals surface area contributed by atoms with Gasteiger partial charge in [0, 0.05) is 6.07 Å². The number of carbonyl (C=O) groups is 4. The number of furan rings is 1. The summed E-state index contributed by atoms with van der Waals surface area (Å²) in [6.45, 7) is -0.408. The number of esters is 1. The van der Waals surface area contributed by atoms with Crippen LogP contribution in [0.2, 0.25) is 5.02 Å². The number of nitrogens with one attached hydrogen (secondary N) is 1. The highest BCUT2D eigenvalue weighted by atomic mass is 35.5. The molecule has 3 aromatic rings. The number of aromatic carboxylic acids is 1. The topological polar surface area (TPSA) is 179 Å². The molecule has 1 aliphatic heterocycles. The van der Waals surface area contributed by atoms with Crippen LogP contribution in [0.3, 0.4) is 0 Å². The zero-order valence-electron chi connectivity index (χ0n) is 20.0. The van der Waals surface area contributed by atoms with E-state index in [0.29, 0.717) is 5.56 Å². The van der Waals surface area contributed by atoms with Gasteiger partial charge in [0.1, 0.15) is 18.1 Å². The number of nitro groups is 1. The second-order valence-electron chi connectivity index (χ2n) is 8.04. The second kappa shape index (κ2) is 11.1. The van der Waals surface area contributed by atoms with Crippen LogP contribution in [0.15, 0.2) is 58.6 Å². The minimum Gasteiger partial charge on any atom is -0.481 e. The summed E-state index contributed by atoms with van der Waals surface area (Å²) in [7, 11) is 1.18. The summed E-state index contributed by atoms with van der Waals surface area (Å²) in [6, 6.07) is 10.2. The van der Waals surface area contributed by atoms with Gasteiger partial charge in [0.15, 0.2) is 0 Å². The van der Waals surface area contributed by atoms with Crippen LogP contribution in [-0.2, 0) is 22.7 Å². The molecule has 0 aliphatic carbocycles. The van der Waals surface area contributed by atoms with E-state index < -0.39 is 34.5 Å². The van der Waals surface area contributed by atoms with Crippen LogP contribution < -0.4 is 10.1 Å². The van der Waals surface area contributed by atoms with Crippen molar-refractivity contribution in [2.75, 3.05) is 7.11 Å². The SMILES string of the molecule is COC(=O)c1ccc(CN2C(=O)N/C(=C\c3cc(Cl)c(OCc4ccc(C(=O)O)cc4)c([N+](=O)[O-])c3)C2=O)o1. The van der Waals surface area contributed by atoms with Crippen molar-refractivity contribution in [1.29, 1.82) is 0 Å². The highest BCUT2D eigenvalue weighted by molar-refractivity contribution is 6.32. The molecule has 200 valence electrons. The van der Waals surface area contributed by atoms with E-state index in [0.717, 1.165) is 11.0 Å². The molecule has 39 heavy (non-hydrogen) atoms. The Morgan fingerprint density at radius 3 is 2.54 bits per heavy atom. The van der Waals surface area contributed by atoms with Gasteiger partial charge in [0.2, 0.25) is 11.5 Å². The van der Waals surface area contributed by atoms with Crippen molar-refractivity contribution >= 4 is 47.2 Å². The molecule has 0 unspecified atom stereocenters. The number of urea groups is 1. The number of methoxy groups -OCH3 is 1. The number of nitrogens with zero attached hydrogens (tertiary/aromatic N) is 2. The Morgan fingerprint density at radius 1 is 1.18 bits per heavy atom. The fourth-order valence-electron chi connectivity index (χ4n) is 3.57. The van der Waals surface area contributed by atoms with Crippen molar-refractivity contribution in [3.8, 4) is 5.75 Å². The normalized spacial score (nSPS) is 13.9. The molecule has 2 N–H and O–H groups in total. The quantitative estimate of drug-likeness (QED) is 0.129. The summed E-state index contributed by atoms with van der Waals surface area (Å²) in [4.78, 5) is 59.6. The number of imide groups is 1. The standard InChI is InChI=1S/C25H18ClN3O10/c1-37-24(33)20-7-6-16(39-20)11-28-22(30)18(27-25(28)34)9-14-8-17(26)21(19(10-14)29(35)36)38-12-13-2-4-15(5-3-13)23(31)32/h2-10H,11-12H2,1H3,(H,27,34)(H,31,32)/b18-9-. The molecule has 1 aliphatic rings. The average molecular weight is 556 g/mol. The Hall–Kier alpha value is -5.17. The molecule has 0 bridgehead atoms. The van der Waals surface area contributed by atoms with Crippen molar-refractivity contribution in [2.24, 2.45) is 0 Å². The predicted molar refractivity (Wildman–Crippen MR) is 133 cm³/mol. The first-order valence-corrected chi connectivity index (χ1v) is 11.4. The number of benzene rings is 2. The first kappa shape index (κ1) is 26.9. The number of carboxylic acids is 1. The number of carboxylic acid groups (broad SMARTS) is 1. The Balaban J connectivity index is 1.53. The van der Waals surface area contributed by atoms with Gasteiger partial charge in [-0.15, -0.1) is 0 Å².